The van der Waals surface area contributed by atoms with Crippen LogP contribution in [0.25, 0.3) is 0 Å². The Morgan fingerprint density at radius 1 is 1.19 bits per heavy atom. The van der Waals surface area contributed by atoms with Crippen LogP contribution >= 0.6 is 0 Å². The van der Waals surface area contributed by atoms with Crippen molar-refractivity contribution in [1.29, 1.82) is 0 Å². The lowest BCUT2D eigenvalue weighted by molar-refractivity contribution is -0.139. The maximum absolute atomic E-state index is 13.1. The van der Waals surface area contributed by atoms with E-state index in [0.717, 1.165) is 6.07 Å². The highest BCUT2D eigenvalue weighted by atomic mass is 19.4. The molecule has 112 valence electrons. The molecule has 21 heavy (non-hydrogen) atoms. The van der Waals surface area contributed by atoms with E-state index in [1.54, 1.807) is 37.5 Å². The number of halogens is 3. The highest BCUT2D eigenvalue weighted by molar-refractivity contribution is 5.39. The topological polar surface area (TPSA) is 34.1 Å². The van der Waals surface area contributed by atoms with Crippen molar-refractivity contribution in [3.05, 3.63) is 59.4 Å². The molecule has 0 atom stereocenters. The van der Waals surface area contributed by atoms with Gasteiger partial charge < -0.3 is 10.1 Å². The van der Waals surface area contributed by atoms with Crippen LogP contribution < -0.4 is 10.1 Å². The first-order valence-electron chi connectivity index (χ1n) is 6.38. The van der Waals surface area contributed by atoms with Crippen molar-refractivity contribution in [3.63, 3.8) is 0 Å². The van der Waals surface area contributed by atoms with Crippen LogP contribution in [-0.4, -0.2) is 12.0 Å². The molecule has 1 N–H and O–H groups in total. The second-order valence-corrected chi connectivity index (χ2v) is 4.47. The van der Waals surface area contributed by atoms with E-state index in [9.17, 15) is 13.2 Å². The lowest BCUT2D eigenvalue weighted by atomic mass is 10.1. The molecule has 0 saturated heterocycles. The number of hydrogen-bond donors (Lipinski definition) is 1. The summed E-state index contributed by atoms with van der Waals surface area (Å²) in [5, 5.41) is 2.82. The maximum atomic E-state index is 13.1. The van der Waals surface area contributed by atoms with E-state index in [0.29, 0.717) is 17.8 Å². The highest BCUT2D eigenvalue weighted by Gasteiger charge is 2.34. The summed E-state index contributed by atoms with van der Waals surface area (Å²) in [6.07, 6.45) is -2.89. The molecule has 0 amide bonds. The van der Waals surface area contributed by atoms with Gasteiger partial charge in [0, 0.05) is 12.7 Å². The van der Waals surface area contributed by atoms with Gasteiger partial charge >= 0.3 is 6.18 Å². The van der Waals surface area contributed by atoms with E-state index < -0.39 is 11.7 Å². The van der Waals surface area contributed by atoms with Gasteiger partial charge in [-0.05, 0) is 36.9 Å². The van der Waals surface area contributed by atoms with Gasteiger partial charge in [-0.2, -0.15) is 13.2 Å². The van der Waals surface area contributed by atoms with Gasteiger partial charge in [-0.1, -0.05) is 12.1 Å². The molecule has 0 aliphatic heterocycles. The van der Waals surface area contributed by atoms with Crippen molar-refractivity contribution in [2.24, 2.45) is 0 Å². The van der Waals surface area contributed by atoms with E-state index in [1.165, 1.54) is 6.07 Å². The van der Waals surface area contributed by atoms with E-state index in [4.69, 9.17) is 4.74 Å². The Bertz CT molecular complexity index is 585. The summed E-state index contributed by atoms with van der Waals surface area (Å²) >= 11 is 0. The first-order chi connectivity index (χ1) is 10.0. The second kappa shape index (κ2) is 6.58. The number of alkyl halides is 3. The second-order valence-electron chi connectivity index (χ2n) is 4.47. The molecule has 2 aromatic rings. The number of nitrogens with zero attached hydrogens (tertiary/aromatic N) is 1. The summed E-state index contributed by atoms with van der Waals surface area (Å²) < 4.78 is 44.5. The quantitative estimate of drug-likeness (QED) is 0.918. The molecular weight excluding hydrogens is 281 g/mol. The average Bonchev–Trinajstić information content (AvgIpc) is 2.46. The molecule has 1 aromatic heterocycles. The van der Waals surface area contributed by atoms with E-state index in [1.807, 2.05) is 0 Å². The van der Waals surface area contributed by atoms with E-state index in [-0.39, 0.29) is 12.4 Å². The Balaban J connectivity index is 2.21. The molecule has 0 spiro atoms. The Labute approximate surface area is 120 Å². The van der Waals surface area contributed by atoms with Gasteiger partial charge in [-0.3, -0.25) is 4.98 Å². The van der Waals surface area contributed by atoms with Gasteiger partial charge in [0.1, 0.15) is 12.4 Å². The van der Waals surface area contributed by atoms with Gasteiger partial charge in [0.15, 0.2) is 0 Å². The molecule has 1 aromatic carbocycles. The molecule has 0 unspecified atom stereocenters. The minimum atomic E-state index is -4.46. The fraction of sp³-hybridized carbons (Fsp3) is 0.267. The summed E-state index contributed by atoms with van der Waals surface area (Å²) in [7, 11) is 1.68. The molecule has 0 saturated carbocycles. The van der Waals surface area contributed by atoms with Crippen molar-refractivity contribution < 1.29 is 17.9 Å². The van der Waals surface area contributed by atoms with Crippen LogP contribution in [0.5, 0.6) is 5.75 Å². The molecule has 0 bridgehead atoms. The molecule has 6 heteroatoms. The molecule has 2 rings (SSSR count). The van der Waals surface area contributed by atoms with Crippen LogP contribution in [0.3, 0.4) is 0 Å². The lowest BCUT2D eigenvalue weighted by Gasteiger charge is -2.15. The highest BCUT2D eigenvalue weighted by Crippen LogP contribution is 2.37. The third kappa shape index (κ3) is 4.19. The van der Waals surface area contributed by atoms with Gasteiger partial charge in [-0.15, -0.1) is 0 Å². The van der Waals surface area contributed by atoms with Crippen molar-refractivity contribution in [2.75, 3.05) is 7.05 Å². The zero-order valence-electron chi connectivity index (χ0n) is 11.4. The maximum Gasteiger partial charge on any atom is 0.419 e. The Kier molecular flexibility index (Phi) is 4.80. The molecule has 0 aliphatic rings. The predicted octanol–water partition coefficient (Wildman–Crippen LogP) is 3.40. The van der Waals surface area contributed by atoms with Crippen molar-refractivity contribution in [3.8, 4) is 5.75 Å². The van der Waals surface area contributed by atoms with Crippen LogP contribution in [0.1, 0.15) is 16.8 Å². The normalized spacial score (nSPS) is 11.4. The van der Waals surface area contributed by atoms with Gasteiger partial charge in [0.05, 0.1) is 11.3 Å². The third-order valence-corrected chi connectivity index (χ3v) is 2.83. The third-order valence-electron chi connectivity index (χ3n) is 2.83. The van der Waals surface area contributed by atoms with Crippen LogP contribution in [0, 0.1) is 0 Å². The van der Waals surface area contributed by atoms with Crippen LogP contribution in [-0.2, 0) is 19.3 Å². The van der Waals surface area contributed by atoms with Gasteiger partial charge in [0.2, 0.25) is 0 Å². The number of ether oxygens (including phenoxy) is 1. The number of aromatic nitrogens is 1. The van der Waals surface area contributed by atoms with E-state index >= 15 is 0 Å². The Morgan fingerprint density at radius 3 is 2.62 bits per heavy atom. The average molecular weight is 296 g/mol. The number of nitrogens with one attached hydrogen (secondary N) is 1. The molecular formula is C15H15F3N2O. The van der Waals surface area contributed by atoms with Crippen molar-refractivity contribution >= 4 is 0 Å². The van der Waals surface area contributed by atoms with Crippen LogP contribution in [0.2, 0.25) is 0 Å². The summed E-state index contributed by atoms with van der Waals surface area (Å²) in [5.74, 6) is -0.187. The van der Waals surface area contributed by atoms with Crippen molar-refractivity contribution in [1.82, 2.24) is 10.3 Å². The molecule has 0 radical (unpaired) electrons. The fourth-order valence-corrected chi connectivity index (χ4v) is 1.87. The lowest BCUT2D eigenvalue weighted by Crippen LogP contribution is -2.12. The first kappa shape index (κ1) is 15.3. The number of rotatable bonds is 5. The number of pyridine rings is 1. The fourth-order valence-electron chi connectivity index (χ4n) is 1.87. The predicted molar refractivity (Wildman–Crippen MR) is 72.8 cm³/mol. The smallest absolute Gasteiger partial charge is 0.419 e. The standard InChI is InChI=1S/C15H15F3N2O/c1-19-9-11-5-6-14(13(8-11)15(16,17)18)21-10-12-4-2-3-7-20-12/h2-8,19H,9-10H2,1H3. The molecule has 1 heterocycles. The first-order valence-corrected chi connectivity index (χ1v) is 6.38. The Morgan fingerprint density at radius 2 is 2.00 bits per heavy atom. The summed E-state index contributed by atoms with van der Waals surface area (Å²) in [4.78, 5) is 4.02. The summed E-state index contributed by atoms with van der Waals surface area (Å²) in [5.41, 5.74) is 0.353. The monoisotopic (exact) mass is 296 g/mol. The van der Waals surface area contributed by atoms with Gasteiger partial charge in [0.25, 0.3) is 0 Å². The minimum absolute atomic E-state index is 0.00467. The van der Waals surface area contributed by atoms with Crippen molar-refractivity contribution in [2.45, 2.75) is 19.3 Å². The number of benzene rings is 1. The van der Waals surface area contributed by atoms with Crippen LogP contribution in [0.15, 0.2) is 42.6 Å². The van der Waals surface area contributed by atoms with Crippen LogP contribution in [0.4, 0.5) is 13.2 Å². The van der Waals surface area contributed by atoms with Gasteiger partial charge in [-0.25, -0.2) is 0 Å². The summed E-state index contributed by atoms with van der Waals surface area (Å²) in [6.45, 7) is 0.360. The zero-order chi connectivity index (χ0) is 15.3. The number of hydrogen-bond acceptors (Lipinski definition) is 3. The van der Waals surface area contributed by atoms with E-state index in [2.05, 4.69) is 10.3 Å². The zero-order valence-corrected chi connectivity index (χ0v) is 11.4. The molecule has 0 fully saturated rings. The SMILES string of the molecule is CNCc1ccc(OCc2ccccn2)c(C(F)(F)F)c1. The Hall–Kier alpha value is -2.08. The molecule has 3 nitrogen and oxygen atoms in total. The molecule has 0 aliphatic carbocycles. The largest absolute Gasteiger partial charge is 0.487 e. The minimum Gasteiger partial charge on any atom is -0.487 e. The summed E-state index contributed by atoms with van der Waals surface area (Å²) in [6, 6.07) is 9.24.